The summed E-state index contributed by atoms with van der Waals surface area (Å²) < 4.78 is 0.941. The summed E-state index contributed by atoms with van der Waals surface area (Å²) in [6, 6.07) is 5.63. The van der Waals surface area contributed by atoms with Gasteiger partial charge in [0.2, 0.25) is 11.1 Å². The molecule has 0 saturated heterocycles. The van der Waals surface area contributed by atoms with Crippen LogP contribution in [-0.2, 0) is 6.42 Å². The van der Waals surface area contributed by atoms with E-state index in [4.69, 9.17) is 11.6 Å². The molecule has 1 N–H and O–H groups in total. The highest BCUT2D eigenvalue weighted by Crippen LogP contribution is 2.31. The summed E-state index contributed by atoms with van der Waals surface area (Å²) in [5.74, 6) is 0.0922. The maximum absolute atomic E-state index is 11.2. The molecule has 0 spiro atoms. The van der Waals surface area contributed by atoms with Gasteiger partial charge >= 0.3 is 5.69 Å². The molecule has 1 heterocycles. The van der Waals surface area contributed by atoms with E-state index in [2.05, 4.69) is 31.2 Å². The number of nitrogens with zero attached hydrogens (tertiary/aromatic N) is 3. The van der Waals surface area contributed by atoms with Crippen molar-refractivity contribution in [1.29, 1.82) is 0 Å². The van der Waals surface area contributed by atoms with Crippen LogP contribution < -0.4 is 5.32 Å². The Labute approximate surface area is 134 Å². The second kappa shape index (κ2) is 6.36. The van der Waals surface area contributed by atoms with E-state index in [9.17, 15) is 10.1 Å². The highest BCUT2D eigenvalue weighted by molar-refractivity contribution is 9.10. The van der Waals surface area contributed by atoms with E-state index in [1.807, 2.05) is 25.1 Å². The molecule has 1 aromatic carbocycles. The highest BCUT2D eigenvalue weighted by Gasteiger charge is 2.22. The number of halogens is 2. The van der Waals surface area contributed by atoms with Crippen LogP contribution in [0.2, 0.25) is 5.28 Å². The minimum atomic E-state index is -0.515. The van der Waals surface area contributed by atoms with Crippen molar-refractivity contribution >= 4 is 44.7 Å². The molecule has 0 aliphatic heterocycles. The summed E-state index contributed by atoms with van der Waals surface area (Å²) in [6.07, 6.45) is 0.771. The molecular weight excluding hydrogens is 360 g/mol. The standard InChI is InChI=1S/C13H12BrClN4O2/c1-3-8-6-9(14)4-5-10(8)17-12-11(19(20)21)7(2)16-13(15)18-12/h4-6H,3H2,1-2H3,(H,16,17,18). The van der Waals surface area contributed by atoms with Crippen molar-refractivity contribution in [3.8, 4) is 0 Å². The van der Waals surface area contributed by atoms with Gasteiger partial charge in [-0.05, 0) is 48.7 Å². The molecule has 110 valence electrons. The summed E-state index contributed by atoms with van der Waals surface area (Å²) in [5.41, 5.74) is 1.80. The van der Waals surface area contributed by atoms with Crippen molar-refractivity contribution in [3.63, 3.8) is 0 Å². The zero-order valence-corrected chi connectivity index (χ0v) is 13.7. The van der Waals surface area contributed by atoms with Crippen molar-refractivity contribution in [3.05, 3.63) is 49.3 Å². The minimum Gasteiger partial charge on any atom is -0.334 e. The van der Waals surface area contributed by atoms with Crippen LogP contribution in [0.4, 0.5) is 17.2 Å². The number of nitro groups is 1. The van der Waals surface area contributed by atoms with Crippen LogP contribution in [0, 0.1) is 17.0 Å². The van der Waals surface area contributed by atoms with Gasteiger partial charge in [0, 0.05) is 10.2 Å². The van der Waals surface area contributed by atoms with Crippen molar-refractivity contribution in [2.75, 3.05) is 5.32 Å². The van der Waals surface area contributed by atoms with Crippen molar-refractivity contribution in [2.24, 2.45) is 0 Å². The van der Waals surface area contributed by atoms with E-state index in [1.165, 1.54) is 6.92 Å². The van der Waals surface area contributed by atoms with Crippen LogP contribution in [0.15, 0.2) is 22.7 Å². The Morgan fingerprint density at radius 1 is 1.43 bits per heavy atom. The van der Waals surface area contributed by atoms with Crippen molar-refractivity contribution < 1.29 is 4.92 Å². The lowest BCUT2D eigenvalue weighted by Crippen LogP contribution is -2.05. The molecule has 0 aliphatic rings. The number of rotatable bonds is 4. The van der Waals surface area contributed by atoms with Gasteiger partial charge in [0.05, 0.1) is 4.92 Å². The first-order chi connectivity index (χ1) is 9.92. The van der Waals surface area contributed by atoms with Crippen LogP contribution in [0.25, 0.3) is 0 Å². The van der Waals surface area contributed by atoms with E-state index < -0.39 is 4.92 Å². The molecule has 21 heavy (non-hydrogen) atoms. The molecule has 0 amide bonds. The summed E-state index contributed by atoms with van der Waals surface area (Å²) >= 11 is 9.20. The monoisotopic (exact) mass is 370 g/mol. The maximum atomic E-state index is 11.2. The summed E-state index contributed by atoms with van der Waals surface area (Å²) in [6.45, 7) is 3.53. The Bertz CT molecular complexity index is 709. The van der Waals surface area contributed by atoms with Gasteiger partial charge in [0.15, 0.2) is 0 Å². The molecule has 2 rings (SSSR count). The lowest BCUT2D eigenvalue weighted by atomic mass is 10.1. The minimum absolute atomic E-state index is 0.0317. The number of aryl methyl sites for hydroxylation is 2. The third-order valence-corrected chi connectivity index (χ3v) is 3.58. The molecule has 0 atom stereocenters. The fourth-order valence-electron chi connectivity index (χ4n) is 1.94. The Morgan fingerprint density at radius 3 is 2.76 bits per heavy atom. The maximum Gasteiger partial charge on any atom is 0.332 e. The molecule has 2 aromatic rings. The number of hydrogen-bond acceptors (Lipinski definition) is 5. The zero-order chi connectivity index (χ0) is 15.6. The van der Waals surface area contributed by atoms with Crippen molar-refractivity contribution in [2.45, 2.75) is 20.3 Å². The molecular formula is C13H12BrClN4O2. The predicted octanol–water partition coefficient (Wildman–Crippen LogP) is 4.42. The van der Waals surface area contributed by atoms with Gasteiger partial charge < -0.3 is 5.32 Å². The van der Waals surface area contributed by atoms with Gasteiger partial charge in [0.1, 0.15) is 5.69 Å². The third kappa shape index (κ3) is 3.48. The van der Waals surface area contributed by atoms with Crippen LogP contribution in [0.5, 0.6) is 0 Å². The summed E-state index contributed by atoms with van der Waals surface area (Å²) in [5, 5.41) is 14.1. The van der Waals surface area contributed by atoms with Gasteiger partial charge in [-0.15, -0.1) is 0 Å². The van der Waals surface area contributed by atoms with Gasteiger partial charge in [-0.2, -0.15) is 4.98 Å². The van der Waals surface area contributed by atoms with Gasteiger partial charge in [-0.3, -0.25) is 10.1 Å². The average molecular weight is 372 g/mol. The fraction of sp³-hybridized carbons (Fsp3) is 0.231. The number of nitrogens with one attached hydrogen (secondary N) is 1. The quantitative estimate of drug-likeness (QED) is 0.489. The Kier molecular flexibility index (Phi) is 4.74. The first-order valence-electron chi connectivity index (χ1n) is 6.16. The number of benzene rings is 1. The van der Waals surface area contributed by atoms with E-state index in [1.54, 1.807) is 0 Å². The third-order valence-electron chi connectivity index (χ3n) is 2.91. The van der Waals surface area contributed by atoms with E-state index in [-0.39, 0.29) is 22.5 Å². The fourth-order valence-corrected chi connectivity index (χ4v) is 2.56. The molecule has 0 bridgehead atoms. The molecule has 8 heteroatoms. The first kappa shape index (κ1) is 15.7. The second-order valence-electron chi connectivity index (χ2n) is 4.31. The van der Waals surface area contributed by atoms with Gasteiger partial charge in [-0.25, -0.2) is 4.98 Å². The molecule has 0 fully saturated rings. The zero-order valence-electron chi connectivity index (χ0n) is 11.4. The van der Waals surface area contributed by atoms with Crippen LogP contribution >= 0.6 is 27.5 Å². The smallest absolute Gasteiger partial charge is 0.332 e. The predicted molar refractivity (Wildman–Crippen MR) is 85.2 cm³/mol. The van der Waals surface area contributed by atoms with Crippen LogP contribution in [-0.4, -0.2) is 14.9 Å². The number of aromatic nitrogens is 2. The van der Waals surface area contributed by atoms with Crippen LogP contribution in [0.3, 0.4) is 0 Å². The van der Waals surface area contributed by atoms with E-state index in [0.717, 1.165) is 22.1 Å². The average Bonchev–Trinajstić information content (AvgIpc) is 2.39. The molecule has 0 saturated carbocycles. The van der Waals surface area contributed by atoms with Gasteiger partial charge in [-0.1, -0.05) is 22.9 Å². The molecule has 0 aliphatic carbocycles. The second-order valence-corrected chi connectivity index (χ2v) is 5.57. The summed E-state index contributed by atoms with van der Waals surface area (Å²) in [4.78, 5) is 18.4. The molecule has 1 aromatic heterocycles. The Balaban J connectivity index is 2.51. The lowest BCUT2D eigenvalue weighted by molar-refractivity contribution is -0.385. The lowest BCUT2D eigenvalue weighted by Gasteiger charge is -2.11. The Morgan fingerprint density at radius 2 is 2.14 bits per heavy atom. The number of hydrogen-bond donors (Lipinski definition) is 1. The molecule has 0 unspecified atom stereocenters. The Hall–Kier alpha value is -1.73. The SMILES string of the molecule is CCc1cc(Br)ccc1Nc1nc(Cl)nc(C)c1[N+](=O)[O-]. The molecule has 0 radical (unpaired) electrons. The molecule has 6 nitrogen and oxygen atoms in total. The van der Waals surface area contributed by atoms with E-state index in [0.29, 0.717) is 0 Å². The normalized spacial score (nSPS) is 10.5. The van der Waals surface area contributed by atoms with E-state index >= 15 is 0 Å². The largest absolute Gasteiger partial charge is 0.334 e. The number of anilines is 2. The topological polar surface area (TPSA) is 81.0 Å². The van der Waals surface area contributed by atoms with Crippen molar-refractivity contribution in [1.82, 2.24) is 9.97 Å². The summed E-state index contributed by atoms with van der Waals surface area (Å²) in [7, 11) is 0. The van der Waals surface area contributed by atoms with Gasteiger partial charge in [0.25, 0.3) is 0 Å². The first-order valence-corrected chi connectivity index (χ1v) is 7.33. The van der Waals surface area contributed by atoms with Crippen LogP contribution in [0.1, 0.15) is 18.2 Å². The highest BCUT2D eigenvalue weighted by atomic mass is 79.9.